The summed E-state index contributed by atoms with van der Waals surface area (Å²) >= 11 is 3.33. The average molecular weight is 248 g/mol. The second-order valence-electron chi connectivity index (χ2n) is 2.78. The molecule has 2 aromatic rings. The molecule has 0 atom stereocenters. The van der Waals surface area contributed by atoms with Crippen molar-refractivity contribution < 1.29 is 4.42 Å². The SMILES string of the molecule is N#Cc1ccc(-c2ccco2)cc1Br. The molecular formula is C11H6BrNO. The summed E-state index contributed by atoms with van der Waals surface area (Å²) in [6, 6.07) is 11.3. The molecule has 0 radical (unpaired) electrons. The molecule has 68 valence electrons. The topological polar surface area (TPSA) is 36.9 Å². The minimum absolute atomic E-state index is 0.625. The van der Waals surface area contributed by atoms with Gasteiger partial charge in [0.25, 0.3) is 0 Å². The highest BCUT2D eigenvalue weighted by atomic mass is 79.9. The van der Waals surface area contributed by atoms with E-state index in [2.05, 4.69) is 22.0 Å². The lowest BCUT2D eigenvalue weighted by atomic mass is 10.1. The van der Waals surface area contributed by atoms with Crippen molar-refractivity contribution in [1.82, 2.24) is 0 Å². The Labute approximate surface area is 89.9 Å². The normalized spacial score (nSPS) is 9.71. The zero-order valence-corrected chi connectivity index (χ0v) is 8.78. The van der Waals surface area contributed by atoms with Gasteiger partial charge in [0.1, 0.15) is 11.8 Å². The van der Waals surface area contributed by atoms with Crippen LogP contribution in [-0.4, -0.2) is 0 Å². The van der Waals surface area contributed by atoms with Crippen LogP contribution in [0.3, 0.4) is 0 Å². The Bertz CT molecular complexity index is 482. The predicted molar refractivity (Wildman–Crippen MR) is 56.6 cm³/mol. The van der Waals surface area contributed by atoms with Crippen molar-refractivity contribution in [2.75, 3.05) is 0 Å². The molecule has 0 fully saturated rings. The summed E-state index contributed by atoms with van der Waals surface area (Å²) in [7, 11) is 0. The van der Waals surface area contributed by atoms with Gasteiger partial charge in [-0.1, -0.05) is 0 Å². The van der Waals surface area contributed by atoms with Gasteiger partial charge in [0, 0.05) is 10.0 Å². The van der Waals surface area contributed by atoms with Gasteiger partial charge >= 0.3 is 0 Å². The molecule has 0 spiro atoms. The summed E-state index contributed by atoms with van der Waals surface area (Å²) in [5.41, 5.74) is 1.58. The first-order valence-corrected chi connectivity index (χ1v) is 4.84. The lowest BCUT2D eigenvalue weighted by Gasteiger charge is -1.99. The van der Waals surface area contributed by atoms with E-state index in [0.717, 1.165) is 15.8 Å². The summed E-state index contributed by atoms with van der Waals surface area (Å²) < 4.78 is 6.03. The van der Waals surface area contributed by atoms with Crippen LogP contribution in [0.5, 0.6) is 0 Å². The van der Waals surface area contributed by atoms with Gasteiger partial charge in [-0.25, -0.2) is 0 Å². The third kappa shape index (κ3) is 1.57. The van der Waals surface area contributed by atoms with Crippen molar-refractivity contribution in [3.8, 4) is 17.4 Å². The Morgan fingerprint density at radius 3 is 2.71 bits per heavy atom. The van der Waals surface area contributed by atoms with Crippen LogP contribution in [0.2, 0.25) is 0 Å². The quantitative estimate of drug-likeness (QED) is 0.773. The first-order valence-electron chi connectivity index (χ1n) is 4.05. The highest BCUT2D eigenvalue weighted by molar-refractivity contribution is 9.10. The fourth-order valence-electron chi connectivity index (χ4n) is 1.20. The third-order valence-corrected chi connectivity index (χ3v) is 2.55. The Morgan fingerprint density at radius 2 is 2.14 bits per heavy atom. The van der Waals surface area contributed by atoms with Gasteiger partial charge in [-0.3, -0.25) is 0 Å². The van der Waals surface area contributed by atoms with Gasteiger partial charge < -0.3 is 4.42 Å². The second kappa shape index (κ2) is 3.69. The van der Waals surface area contributed by atoms with E-state index in [4.69, 9.17) is 9.68 Å². The van der Waals surface area contributed by atoms with Crippen LogP contribution in [0.15, 0.2) is 45.5 Å². The second-order valence-corrected chi connectivity index (χ2v) is 3.64. The van der Waals surface area contributed by atoms with Crippen molar-refractivity contribution in [2.24, 2.45) is 0 Å². The van der Waals surface area contributed by atoms with Crippen molar-refractivity contribution >= 4 is 15.9 Å². The smallest absolute Gasteiger partial charge is 0.133 e. The molecule has 2 rings (SSSR count). The molecule has 0 unspecified atom stereocenters. The summed E-state index contributed by atoms with van der Waals surface area (Å²) in [5, 5.41) is 8.74. The van der Waals surface area contributed by atoms with E-state index in [0.29, 0.717) is 5.56 Å². The summed E-state index contributed by atoms with van der Waals surface area (Å²) in [4.78, 5) is 0. The number of rotatable bonds is 1. The van der Waals surface area contributed by atoms with Crippen LogP contribution in [-0.2, 0) is 0 Å². The maximum absolute atomic E-state index is 8.74. The van der Waals surface area contributed by atoms with E-state index in [1.54, 1.807) is 12.3 Å². The molecule has 3 heteroatoms. The van der Waals surface area contributed by atoms with Crippen LogP contribution >= 0.6 is 15.9 Å². The number of hydrogen-bond acceptors (Lipinski definition) is 2. The molecule has 1 aromatic heterocycles. The highest BCUT2D eigenvalue weighted by Crippen LogP contribution is 2.25. The first-order chi connectivity index (χ1) is 6.81. The summed E-state index contributed by atoms with van der Waals surface area (Å²) in [6.07, 6.45) is 1.63. The Morgan fingerprint density at radius 1 is 1.29 bits per heavy atom. The molecule has 0 aliphatic heterocycles. The molecule has 14 heavy (non-hydrogen) atoms. The Kier molecular flexibility index (Phi) is 2.38. The molecule has 0 aliphatic carbocycles. The number of benzene rings is 1. The molecule has 1 heterocycles. The number of furan rings is 1. The third-order valence-electron chi connectivity index (χ3n) is 1.90. The van der Waals surface area contributed by atoms with E-state index >= 15 is 0 Å². The number of nitriles is 1. The molecule has 0 N–H and O–H groups in total. The minimum Gasteiger partial charge on any atom is -0.464 e. The lowest BCUT2D eigenvalue weighted by Crippen LogP contribution is -1.79. The van der Waals surface area contributed by atoms with Gasteiger partial charge in [0.15, 0.2) is 0 Å². The zero-order valence-electron chi connectivity index (χ0n) is 7.20. The van der Waals surface area contributed by atoms with Crippen molar-refractivity contribution in [3.63, 3.8) is 0 Å². The molecule has 2 nitrogen and oxygen atoms in total. The molecule has 0 aliphatic rings. The van der Waals surface area contributed by atoms with Gasteiger partial charge in [-0.05, 0) is 46.3 Å². The average Bonchev–Trinajstić information content (AvgIpc) is 2.70. The van der Waals surface area contributed by atoms with Gasteiger partial charge in [-0.2, -0.15) is 5.26 Å². The van der Waals surface area contributed by atoms with Crippen LogP contribution < -0.4 is 0 Å². The van der Waals surface area contributed by atoms with Gasteiger partial charge in [0.05, 0.1) is 11.8 Å². The van der Waals surface area contributed by atoms with E-state index in [9.17, 15) is 0 Å². The summed E-state index contributed by atoms with van der Waals surface area (Å²) in [5.74, 6) is 0.801. The Hall–Kier alpha value is -1.53. The highest BCUT2D eigenvalue weighted by Gasteiger charge is 2.03. The van der Waals surface area contributed by atoms with E-state index in [1.165, 1.54) is 0 Å². The monoisotopic (exact) mass is 247 g/mol. The Balaban J connectivity index is 2.49. The maximum atomic E-state index is 8.74. The van der Waals surface area contributed by atoms with Gasteiger partial charge in [-0.15, -0.1) is 0 Å². The van der Waals surface area contributed by atoms with Crippen LogP contribution in [0, 0.1) is 11.3 Å². The lowest BCUT2D eigenvalue weighted by molar-refractivity contribution is 0.582. The van der Waals surface area contributed by atoms with Crippen LogP contribution in [0.4, 0.5) is 0 Å². The zero-order chi connectivity index (χ0) is 9.97. The fourth-order valence-corrected chi connectivity index (χ4v) is 1.67. The molecule has 0 amide bonds. The fraction of sp³-hybridized carbons (Fsp3) is 0. The standard InChI is InChI=1S/C11H6BrNO/c12-10-6-8(3-4-9(10)7-13)11-2-1-5-14-11/h1-6H. The molecule has 1 aromatic carbocycles. The van der Waals surface area contributed by atoms with Crippen molar-refractivity contribution in [3.05, 3.63) is 46.6 Å². The minimum atomic E-state index is 0.625. The number of hydrogen-bond donors (Lipinski definition) is 0. The predicted octanol–water partition coefficient (Wildman–Crippen LogP) is 3.58. The van der Waals surface area contributed by atoms with Crippen LogP contribution in [0.25, 0.3) is 11.3 Å². The van der Waals surface area contributed by atoms with E-state index in [-0.39, 0.29) is 0 Å². The molecule has 0 saturated carbocycles. The van der Waals surface area contributed by atoms with Crippen molar-refractivity contribution in [1.29, 1.82) is 5.26 Å². The van der Waals surface area contributed by atoms with Gasteiger partial charge in [0.2, 0.25) is 0 Å². The van der Waals surface area contributed by atoms with Crippen LogP contribution in [0.1, 0.15) is 5.56 Å². The number of halogens is 1. The maximum Gasteiger partial charge on any atom is 0.133 e. The van der Waals surface area contributed by atoms with E-state index in [1.807, 2.05) is 24.3 Å². The van der Waals surface area contributed by atoms with Crippen molar-refractivity contribution in [2.45, 2.75) is 0 Å². The first kappa shape index (κ1) is 9.04. The molecular weight excluding hydrogens is 242 g/mol. The summed E-state index contributed by atoms with van der Waals surface area (Å²) in [6.45, 7) is 0. The largest absolute Gasteiger partial charge is 0.464 e. The molecule has 0 bridgehead atoms. The van der Waals surface area contributed by atoms with E-state index < -0.39 is 0 Å². The molecule has 0 saturated heterocycles. The number of nitrogens with zero attached hydrogens (tertiary/aromatic N) is 1.